The van der Waals surface area contributed by atoms with E-state index in [4.69, 9.17) is 5.73 Å². The fourth-order valence-electron chi connectivity index (χ4n) is 1.46. The van der Waals surface area contributed by atoms with Crippen LogP contribution in [0.3, 0.4) is 0 Å². The molecule has 2 heterocycles. The molecule has 3 nitrogen and oxygen atoms in total. The standard InChI is InChI=1S/C10H11N3S/c11-10(3-4-10)9-13-8(6-14-9)7-2-1-5-12-7/h1-2,5-6,12H,3-4,11H2. The van der Waals surface area contributed by atoms with Crippen molar-refractivity contribution in [1.82, 2.24) is 9.97 Å². The molecule has 0 radical (unpaired) electrons. The monoisotopic (exact) mass is 205 g/mol. The van der Waals surface area contributed by atoms with Crippen LogP contribution in [0.2, 0.25) is 0 Å². The van der Waals surface area contributed by atoms with Crippen LogP contribution >= 0.6 is 11.3 Å². The maximum Gasteiger partial charge on any atom is 0.113 e. The van der Waals surface area contributed by atoms with Gasteiger partial charge in [0.1, 0.15) is 5.01 Å². The number of nitrogens with two attached hydrogens (primary N) is 1. The van der Waals surface area contributed by atoms with Gasteiger partial charge in [0, 0.05) is 11.6 Å². The van der Waals surface area contributed by atoms with E-state index < -0.39 is 0 Å². The van der Waals surface area contributed by atoms with Gasteiger partial charge in [-0.05, 0) is 25.0 Å². The Labute approximate surface area is 86.0 Å². The summed E-state index contributed by atoms with van der Waals surface area (Å²) in [6.07, 6.45) is 4.05. The molecule has 1 aliphatic carbocycles. The summed E-state index contributed by atoms with van der Waals surface area (Å²) in [5.41, 5.74) is 8.04. The van der Waals surface area contributed by atoms with Crippen LogP contribution in [0, 0.1) is 0 Å². The number of H-pyrrole nitrogens is 1. The molecule has 4 heteroatoms. The largest absolute Gasteiger partial charge is 0.360 e. The summed E-state index contributed by atoms with van der Waals surface area (Å²) in [5.74, 6) is 0. The van der Waals surface area contributed by atoms with E-state index in [9.17, 15) is 0 Å². The summed E-state index contributed by atoms with van der Waals surface area (Å²) in [4.78, 5) is 7.69. The number of nitrogens with one attached hydrogen (secondary N) is 1. The molecule has 0 aromatic carbocycles. The van der Waals surface area contributed by atoms with Crippen molar-refractivity contribution >= 4 is 11.3 Å². The zero-order chi connectivity index (χ0) is 9.60. The Bertz CT molecular complexity index is 440. The predicted molar refractivity (Wildman–Crippen MR) is 57.0 cm³/mol. The van der Waals surface area contributed by atoms with E-state index in [1.54, 1.807) is 11.3 Å². The van der Waals surface area contributed by atoms with Crippen LogP contribution in [0.5, 0.6) is 0 Å². The summed E-state index contributed by atoms with van der Waals surface area (Å²) in [6.45, 7) is 0. The maximum absolute atomic E-state index is 6.07. The van der Waals surface area contributed by atoms with Gasteiger partial charge in [0.2, 0.25) is 0 Å². The van der Waals surface area contributed by atoms with Crippen molar-refractivity contribution in [2.24, 2.45) is 5.73 Å². The van der Waals surface area contributed by atoms with Crippen LogP contribution in [0.4, 0.5) is 0 Å². The van der Waals surface area contributed by atoms with Gasteiger partial charge in [-0.15, -0.1) is 11.3 Å². The Morgan fingerprint density at radius 3 is 3.00 bits per heavy atom. The summed E-state index contributed by atoms with van der Waals surface area (Å²) in [7, 11) is 0. The van der Waals surface area contributed by atoms with E-state index in [1.807, 2.05) is 18.3 Å². The third-order valence-electron chi connectivity index (χ3n) is 2.59. The highest BCUT2D eigenvalue weighted by Crippen LogP contribution is 2.44. The van der Waals surface area contributed by atoms with Gasteiger partial charge in [-0.25, -0.2) is 4.98 Å². The zero-order valence-corrected chi connectivity index (χ0v) is 8.47. The minimum absolute atomic E-state index is 0.102. The van der Waals surface area contributed by atoms with Gasteiger partial charge in [-0.3, -0.25) is 0 Å². The molecule has 0 atom stereocenters. The van der Waals surface area contributed by atoms with Crippen molar-refractivity contribution < 1.29 is 0 Å². The van der Waals surface area contributed by atoms with Gasteiger partial charge >= 0.3 is 0 Å². The first-order chi connectivity index (χ1) is 6.78. The predicted octanol–water partition coefficient (Wildman–Crippen LogP) is 2.09. The highest BCUT2D eigenvalue weighted by Gasteiger charge is 2.42. The Morgan fingerprint density at radius 2 is 2.36 bits per heavy atom. The molecule has 1 aliphatic rings. The molecule has 0 saturated heterocycles. The lowest BCUT2D eigenvalue weighted by Crippen LogP contribution is -2.18. The molecule has 1 fully saturated rings. The molecule has 0 unspecified atom stereocenters. The molecule has 0 bridgehead atoms. The Kier molecular flexibility index (Phi) is 1.57. The Morgan fingerprint density at radius 1 is 1.50 bits per heavy atom. The first-order valence-corrected chi connectivity index (χ1v) is 5.55. The van der Waals surface area contributed by atoms with Gasteiger partial charge in [0.05, 0.1) is 16.9 Å². The molecule has 0 amide bonds. The fraction of sp³-hybridized carbons (Fsp3) is 0.300. The van der Waals surface area contributed by atoms with E-state index in [-0.39, 0.29) is 5.54 Å². The summed E-state index contributed by atoms with van der Waals surface area (Å²) >= 11 is 1.66. The summed E-state index contributed by atoms with van der Waals surface area (Å²) in [6, 6.07) is 4.00. The number of nitrogens with zero attached hydrogens (tertiary/aromatic N) is 1. The fourth-order valence-corrected chi connectivity index (χ4v) is 2.46. The van der Waals surface area contributed by atoms with Crippen LogP contribution in [-0.2, 0) is 5.54 Å². The van der Waals surface area contributed by atoms with Crippen LogP contribution < -0.4 is 5.73 Å². The number of aromatic nitrogens is 2. The molecular weight excluding hydrogens is 194 g/mol. The normalized spacial score (nSPS) is 18.4. The number of aromatic amines is 1. The minimum atomic E-state index is -0.102. The third-order valence-corrected chi connectivity index (χ3v) is 3.65. The van der Waals surface area contributed by atoms with E-state index in [1.165, 1.54) is 0 Å². The lowest BCUT2D eigenvalue weighted by Gasteiger charge is -2.01. The average Bonchev–Trinajstić information content (AvgIpc) is 2.73. The summed E-state index contributed by atoms with van der Waals surface area (Å²) < 4.78 is 0. The van der Waals surface area contributed by atoms with Gasteiger partial charge in [-0.2, -0.15) is 0 Å². The topological polar surface area (TPSA) is 54.7 Å². The highest BCUT2D eigenvalue weighted by atomic mass is 32.1. The molecular formula is C10H11N3S. The van der Waals surface area contributed by atoms with Crippen molar-refractivity contribution in [3.8, 4) is 11.4 Å². The van der Waals surface area contributed by atoms with Crippen molar-refractivity contribution in [3.63, 3.8) is 0 Å². The van der Waals surface area contributed by atoms with E-state index in [0.29, 0.717) is 0 Å². The molecule has 72 valence electrons. The minimum Gasteiger partial charge on any atom is -0.360 e. The Hall–Kier alpha value is -1.13. The molecule has 0 aliphatic heterocycles. The summed E-state index contributed by atoms with van der Waals surface area (Å²) in [5, 5.41) is 3.13. The molecule has 14 heavy (non-hydrogen) atoms. The van der Waals surface area contributed by atoms with Gasteiger partial charge < -0.3 is 10.7 Å². The van der Waals surface area contributed by atoms with Crippen LogP contribution in [0.1, 0.15) is 17.8 Å². The number of hydrogen-bond acceptors (Lipinski definition) is 3. The van der Waals surface area contributed by atoms with E-state index in [2.05, 4.69) is 15.3 Å². The SMILES string of the molecule is NC1(c2nc(-c3ccc[nH]3)cs2)CC1. The first-order valence-electron chi connectivity index (χ1n) is 4.67. The Balaban J connectivity index is 1.98. The molecule has 2 aromatic rings. The molecule has 3 rings (SSSR count). The second-order valence-electron chi connectivity index (χ2n) is 3.78. The lowest BCUT2D eigenvalue weighted by molar-refractivity contribution is 0.732. The lowest BCUT2D eigenvalue weighted by atomic mass is 10.3. The molecule has 1 saturated carbocycles. The number of hydrogen-bond donors (Lipinski definition) is 2. The van der Waals surface area contributed by atoms with Gasteiger partial charge in [-0.1, -0.05) is 0 Å². The van der Waals surface area contributed by atoms with Gasteiger partial charge in [0.15, 0.2) is 0 Å². The van der Waals surface area contributed by atoms with Crippen molar-refractivity contribution in [2.45, 2.75) is 18.4 Å². The highest BCUT2D eigenvalue weighted by molar-refractivity contribution is 7.10. The van der Waals surface area contributed by atoms with Crippen molar-refractivity contribution in [3.05, 3.63) is 28.7 Å². The first kappa shape index (κ1) is 8.20. The zero-order valence-electron chi connectivity index (χ0n) is 7.66. The third kappa shape index (κ3) is 1.19. The quantitative estimate of drug-likeness (QED) is 0.788. The molecule has 2 aromatic heterocycles. The molecule has 3 N–H and O–H groups in total. The van der Waals surface area contributed by atoms with Crippen molar-refractivity contribution in [1.29, 1.82) is 0 Å². The van der Waals surface area contributed by atoms with Gasteiger partial charge in [0.25, 0.3) is 0 Å². The number of thiazole rings is 1. The van der Waals surface area contributed by atoms with Crippen molar-refractivity contribution in [2.75, 3.05) is 0 Å². The maximum atomic E-state index is 6.07. The van der Waals surface area contributed by atoms with Crippen LogP contribution in [0.15, 0.2) is 23.7 Å². The number of rotatable bonds is 2. The van der Waals surface area contributed by atoms with Crippen LogP contribution in [0.25, 0.3) is 11.4 Å². The van der Waals surface area contributed by atoms with E-state index in [0.717, 1.165) is 29.2 Å². The second kappa shape index (κ2) is 2.68. The van der Waals surface area contributed by atoms with Crippen LogP contribution in [-0.4, -0.2) is 9.97 Å². The second-order valence-corrected chi connectivity index (χ2v) is 4.64. The van der Waals surface area contributed by atoms with E-state index >= 15 is 0 Å². The molecule has 0 spiro atoms. The smallest absolute Gasteiger partial charge is 0.113 e. The average molecular weight is 205 g/mol.